The Bertz CT molecular complexity index is 276. The minimum absolute atomic E-state index is 0.286. The van der Waals surface area contributed by atoms with Gasteiger partial charge in [-0.15, -0.1) is 0 Å². The molecule has 2 amide bonds. The molecule has 1 unspecified atom stereocenters. The molecule has 0 aromatic rings. The van der Waals surface area contributed by atoms with Gasteiger partial charge in [0.05, 0.1) is 0 Å². The van der Waals surface area contributed by atoms with E-state index < -0.39 is 14.8 Å². The van der Waals surface area contributed by atoms with Crippen LogP contribution < -0.4 is 11.1 Å². The molecule has 3 N–H and O–H groups in total. The van der Waals surface area contributed by atoms with Crippen LogP contribution in [0, 0.1) is 0 Å². The Morgan fingerprint density at radius 1 is 0.955 bits per heavy atom. The smallest absolute Gasteiger partial charge is 0.373 e. The van der Waals surface area contributed by atoms with Crippen molar-refractivity contribution in [2.75, 3.05) is 19.8 Å². The second kappa shape index (κ2) is 12.9. The van der Waals surface area contributed by atoms with Crippen LogP contribution in [0.5, 0.6) is 0 Å². The Morgan fingerprint density at radius 3 is 1.86 bits per heavy atom. The van der Waals surface area contributed by atoms with Gasteiger partial charge in [0, 0.05) is 19.8 Å². The Kier molecular flexibility index (Phi) is 12.5. The van der Waals surface area contributed by atoms with Crippen LogP contribution in [-0.4, -0.2) is 40.3 Å². The fourth-order valence-electron chi connectivity index (χ4n) is 2.49. The molecule has 0 aliphatic rings. The highest BCUT2D eigenvalue weighted by Gasteiger charge is 2.49. The first-order valence-corrected chi connectivity index (χ1v) is 10.3. The molecule has 1 atom stereocenters. The van der Waals surface area contributed by atoms with Crippen LogP contribution in [0.15, 0.2) is 0 Å². The van der Waals surface area contributed by atoms with Gasteiger partial charge in [-0.2, -0.15) is 0 Å². The predicted molar refractivity (Wildman–Crippen MR) is 90.5 cm³/mol. The van der Waals surface area contributed by atoms with E-state index >= 15 is 0 Å². The van der Waals surface area contributed by atoms with Gasteiger partial charge in [0.1, 0.15) is 5.67 Å². The molecule has 7 heteroatoms. The molecule has 0 aromatic heterocycles. The van der Waals surface area contributed by atoms with Crippen molar-refractivity contribution in [3.8, 4) is 0 Å². The lowest BCUT2D eigenvalue weighted by Gasteiger charge is -2.35. The normalized spacial score (nSPS) is 13.1. The van der Waals surface area contributed by atoms with E-state index in [1.54, 1.807) is 0 Å². The summed E-state index contributed by atoms with van der Waals surface area (Å²) in [5.74, 6) is 0. The van der Waals surface area contributed by atoms with E-state index in [1.807, 2.05) is 20.8 Å². The van der Waals surface area contributed by atoms with Crippen LogP contribution in [0.1, 0.15) is 66.2 Å². The Hall–Kier alpha value is -0.633. The highest BCUT2D eigenvalue weighted by Crippen LogP contribution is 2.20. The average Bonchev–Trinajstić information content (AvgIpc) is 2.46. The first-order valence-electron chi connectivity index (χ1n) is 8.54. The van der Waals surface area contributed by atoms with Crippen LogP contribution in [0.3, 0.4) is 0 Å². The van der Waals surface area contributed by atoms with Crippen LogP contribution >= 0.6 is 0 Å². The lowest BCUT2D eigenvalue weighted by Crippen LogP contribution is -2.63. The summed E-state index contributed by atoms with van der Waals surface area (Å²) in [5, 5.41) is 2.79. The van der Waals surface area contributed by atoms with E-state index in [0.717, 1.165) is 19.3 Å². The summed E-state index contributed by atoms with van der Waals surface area (Å²) in [6, 6.07) is -0.561. The fourth-order valence-corrected chi connectivity index (χ4v) is 5.43. The van der Waals surface area contributed by atoms with Crippen molar-refractivity contribution in [3.05, 3.63) is 0 Å². The fraction of sp³-hybridized carbons (Fsp3) is 0.933. The van der Waals surface area contributed by atoms with E-state index in [1.165, 1.54) is 19.3 Å². The first kappa shape index (κ1) is 21.4. The van der Waals surface area contributed by atoms with Crippen molar-refractivity contribution >= 4 is 14.8 Å². The highest BCUT2D eigenvalue weighted by atomic mass is 28.4. The van der Waals surface area contributed by atoms with Gasteiger partial charge in [-0.3, -0.25) is 0 Å². The summed E-state index contributed by atoms with van der Waals surface area (Å²) in [5.41, 5.74) is 5.05. The van der Waals surface area contributed by atoms with Gasteiger partial charge >= 0.3 is 14.8 Å². The second-order valence-electron chi connectivity index (χ2n) is 5.17. The Labute approximate surface area is 136 Å². The summed E-state index contributed by atoms with van der Waals surface area (Å²) in [6.45, 7) is 9.36. The summed E-state index contributed by atoms with van der Waals surface area (Å²) >= 11 is 0. The van der Waals surface area contributed by atoms with Gasteiger partial charge in [-0.25, -0.2) is 4.79 Å². The Morgan fingerprint density at radius 2 is 1.45 bits per heavy atom. The molecule has 0 heterocycles. The lowest BCUT2D eigenvalue weighted by atomic mass is 10.1. The maximum absolute atomic E-state index is 11.4. The van der Waals surface area contributed by atoms with E-state index in [2.05, 4.69) is 12.2 Å². The number of urea groups is 1. The van der Waals surface area contributed by atoms with Gasteiger partial charge in [0.2, 0.25) is 0 Å². The monoisotopic (exact) mass is 334 g/mol. The van der Waals surface area contributed by atoms with E-state index in [-0.39, 0.29) is 5.67 Å². The average molecular weight is 335 g/mol. The maximum Gasteiger partial charge on any atom is 0.524 e. The molecule has 0 rings (SSSR count). The third kappa shape index (κ3) is 8.12. The number of unbranched alkanes of at least 4 members (excludes halogenated alkanes) is 4. The van der Waals surface area contributed by atoms with Crippen molar-refractivity contribution in [2.24, 2.45) is 5.73 Å². The number of carbonyl (C=O) groups excluding carboxylic acids is 1. The van der Waals surface area contributed by atoms with Gasteiger partial charge in [0.25, 0.3) is 0 Å². The molecule has 0 aliphatic heterocycles. The van der Waals surface area contributed by atoms with Crippen LogP contribution in [0.4, 0.5) is 4.79 Å². The largest absolute Gasteiger partial charge is 0.524 e. The molecule has 0 radical (unpaired) electrons. The lowest BCUT2D eigenvalue weighted by molar-refractivity contribution is 0.0576. The number of primary amides is 1. The summed E-state index contributed by atoms with van der Waals surface area (Å²) < 4.78 is 17.6. The standard InChI is InChI=1S/C15H34N2O4Si/c1-5-9-10-11-12-13-14(17-15(16)18)22(19-6-2,20-7-3)21-8-4/h14H,5-13H2,1-4H3,(H3,16,17,18). The van der Waals surface area contributed by atoms with Gasteiger partial charge in [-0.1, -0.05) is 39.0 Å². The van der Waals surface area contributed by atoms with Crippen LogP contribution in [0.2, 0.25) is 0 Å². The first-order chi connectivity index (χ1) is 10.6. The zero-order valence-electron chi connectivity index (χ0n) is 14.7. The number of carbonyl (C=O) groups is 1. The molecule has 0 aromatic carbocycles. The number of hydrogen-bond donors (Lipinski definition) is 2. The quantitative estimate of drug-likeness (QED) is 0.378. The number of nitrogens with two attached hydrogens (primary N) is 1. The molecular formula is C15H34N2O4Si. The SMILES string of the molecule is CCCCCCCC(NC(N)=O)[Si](OCC)(OCC)OCC. The van der Waals surface area contributed by atoms with Gasteiger partial charge < -0.3 is 24.3 Å². The number of amides is 2. The van der Waals surface area contributed by atoms with Crippen LogP contribution in [0.25, 0.3) is 0 Å². The molecule has 0 aliphatic carbocycles. The van der Waals surface area contributed by atoms with Crippen molar-refractivity contribution in [3.63, 3.8) is 0 Å². The van der Waals surface area contributed by atoms with Crippen molar-refractivity contribution < 1.29 is 18.1 Å². The molecule has 0 bridgehead atoms. The number of hydrogen-bond acceptors (Lipinski definition) is 4. The van der Waals surface area contributed by atoms with Crippen LogP contribution in [-0.2, 0) is 13.3 Å². The molecule has 0 saturated heterocycles. The van der Waals surface area contributed by atoms with E-state index in [4.69, 9.17) is 19.0 Å². The summed E-state index contributed by atoms with van der Waals surface area (Å²) in [7, 11) is -2.97. The van der Waals surface area contributed by atoms with Gasteiger partial charge in [0.15, 0.2) is 0 Å². The third-order valence-electron chi connectivity index (χ3n) is 3.38. The maximum atomic E-state index is 11.4. The molecule has 132 valence electrons. The van der Waals surface area contributed by atoms with E-state index in [0.29, 0.717) is 19.8 Å². The Balaban J connectivity index is 4.89. The molecular weight excluding hydrogens is 300 g/mol. The zero-order chi connectivity index (χ0) is 16.8. The van der Waals surface area contributed by atoms with Crippen molar-refractivity contribution in [1.29, 1.82) is 0 Å². The van der Waals surface area contributed by atoms with Crippen molar-refractivity contribution in [2.45, 2.75) is 71.9 Å². The molecule has 0 saturated carbocycles. The summed E-state index contributed by atoms with van der Waals surface area (Å²) in [4.78, 5) is 11.4. The molecule has 22 heavy (non-hydrogen) atoms. The predicted octanol–water partition coefficient (Wildman–Crippen LogP) is 2.97. The zero-order valence-corrected chi connectivity index (χ0v) is 15.7. The third-order valence-corrected chi connectivity index (χ3v) is 6.74. The number of rotatable bonds is 14. The highest BCUT2D eigenvalue weighted by molar-refractivity contribution is 6.62. The second-order valence-corrected chi connectivity index (χ2v) is 7.94. The molecule has 6 nitrogen and oxygen atoms in total. The number of nitrogens with one attached hydrogen (secondary N) is 1. The van der Waals surface area contributed by atoms with Gasteiger partial charge in [-0.05, 0) is 27.2 Å². The topological polar surface area (TPSA) is 82.8 Å². The minimum Gasteiger partial charge on any atom is -0.373 e. The van der Waals surface area contributed by atoms with E-state index in [9.17, 15) is 4.79 Å². The van der Waals surface area contributed by atoms with Crippen molar-refractivity contribution in [1.82, 2.24) is 5.32 Å². The molecule has 0 fully saturated rings. The minimum atomic E-state index is -2.97. The molecule has 0 spiro atoms. The summed E-state index contributed by atoms with van der Waals surface area (Å²) in [6.07, 6.45) is 6.52.